The minimum Gasteiger partial charge on any atom is -0.366 e. The Bertz CT molecular complexity index is 3670. The van der Waals surface area contributed by atoms with Gasteiger partial charge in [-0.1, -0.05) is 136 Å². The summed E-state index contributed by atoms with van der Waals surface area (Å²) in [5.41, 5.74) is 23.1. The number of nitrogens with zero attached hydrogens (tertiary/aromatic N) is 2. The van der Waals surface area contributed by atoms with E-state index in [9.17, 15) is 0 Å². The van der Waals surface area contributed by atoms with Gasteiger partial charge in [0.25, 0.3) is 0 Å². The van der Waals surface area contributed by atoms with Crippen LogP contribution in [0, 0.1) is 6.92 Å². The molecular weight excluding hydrogens is 824 g/mol. The molecule has 65 heavy (non-hydrogen) atoms. The van der Waals surface area contributed by atoms with Crippen molar-refractivity contribution in [2.45, 2.75) is 129 Å². The second-order valence-electron chi connectivity index (χ2n) is 23.8. The fourth-order valence-corrected chi connectivity index (χ4v) is 16.5. The summed E-state index contributed by atoms with van der Waals surface area (Å²) in [6.07, 6.45) is 4.79. The van der Waals surface area contributed by atoms with Crippen LogP contribution in [0.25, 0.3) is 63.5 Å². The molecule has 5 heterocycles. The Morgan fingerprint density at radius 2 is 1.12 bits per heavy atom. The van der Waals surface area contributed by atoms with Gasteiger partial charge in [0.2, 0.25) is 0 Å². The lowest BCUT2D eigenvalue weighted by atomic mass is 9.47. The van der Waals surface area contributed by atoms with Gasteiger partial charge in [0.15, 0.2) is 0 Å². The van der Waals surface area contributed by atoms with Crippen molar-refractivity contribution in [2.24, 2.45) is 0 Å². The quantitative estimate of drug-likeness (QED) is 0.149. The monoisotopic (exact) mass is 880 g/mol. The van der Waals surface area contributed by atoms with Crippen LogP contribution in [0.3, 0.4) is 0 Å². The first-order valence-electron chi connectivity index (χ1n) is 24.2. The lowest BCUT2D eigenvalue weighted by molar-refractivity contribution is 0.332. The van der Waals surface area contributed by atoms with E-state index in [2.05, 4.69) is 194 Å². The third kappa shape index (κ3) is 4.73. The molecule has 5 aliphatic rings. The van der Waals surface area contributed by atoms with Crippen LogP contribution >= 0.6 is 22.7 Å². The largest absolute Gasteiger partial charge is 0.366 e. The number of aromatic nitrogens is 1. The molecule has 0 atom stereocenters. The highest BCUT2D eigenvalue weighted by Crippen LogP contribution is 2.61. The smallest absolute Gasteiger partial charge is 0.344 e. The van der Waals surface area contributed by atoms with E-state index in [0.29, 0.717) is 0 Å². The van der Waals surface area contributed by atoms with Crippen LogP contribution in [0.15, 0.2) is 97.1 Å². The first kappa shape index (κ1) is 39.1. The van der Waals surface area contributed by atoms with E-state index in [1.54, 1.807) is 5.56 Å². The van der Waals surface area contributed by atoms with Gasteiger partial charge in [-0.3, -0.25) is 0 Å². The number of para-hydroxylation sites is 1. The second-order valence-corrected chi connectivity index (χ2v) is 25.9. The van der Waals surface area contributed by atoms with Crippen LogP contribution in [0.1, 0.15) is 134 Å². The molecular formula is C60H57BN2S2. The van der Waals surface area contributed by atoms with E-state index in [4.69, 9.17) is 0 Å². The maximum absolute atomic E-state index is 2.87. The van der Waals surface area contributed by atoms with Gasteiger partial charge in [-0.05, 0) is 146 Å². The average Bonchev–Trinajstić information content (AvgIpc) is 3.99. The predicted molar refractivity (Wildman–Crippen MR) is 284 cm³/mol. The first-order chi connectivity index (χ1) is 30.9. The van der Waals surface area contributed by atoms with Crippen molar-refractivity contribution in [3.05, 3.63) is 136 Å². The predicted octanol–water partition coefficient (Wildman–Crippen LogP) is 16.0. The molecule has 6 aromatic carbocycles. The van der Waals surface area contributed by atoms with Crippen LogP contribution in [-0.4, -0.2) is 11.3 Å². The molecule has 322 valence electrons. The molecule has 2 aliphatic heterocycles. The van der Waals surface area contributed by atoms with Crippen LogP contribution in [0.5, 0.6) is 0 Å². The molecule has 3 aliphatic carbocycles. The van der Waals surface area contributed by atoms with Crippen LogP contribution in [0.2, 0.25) is 0 Å². The third-order valence-corrected chi connectivity index (χ3v) is 20.2. The number of hydrogen-bond acceptors (Lipinski definition) is 3. The topological polar surface area (TPSA) is 8.17 Å². The molecule has 0 spiro atoms. The maximum Gasteiger partial charge on any atom is 0.344 e. The Morgan fingerprint density at radius 3 is 1.86 bits per heavy atom. The molecule has 0 radical (unpaired) electrons. The molecule has 14 rings (SSSR count). The Labute approximate surface area is 392 Å². The molecule has 0 saturated carbocycles. The van der Waals surface area contributed by atoms with Gasteiger partial charge in [-0.2, -0.15) is 0 Å². The Morgan fingerprint density at radius 1 is 0.508 bits per heavy atom. The number of rotatable bonds is 1. The van der Waals surface area contributed by atoms with E-state index in [-0.39, 0.29) is 33.9 Å². The number of thiophene rings is 2. The minimum absolute atomic E-state index is 0.0165. The van der Waals surface area contributed by atoms with Gasteiger partial charge in [0.05, 0.1) is 10.5 Å². The fourth-order valence-electron chi connectivity index (χ4n) is 14.0. The van der Waals surface area contributed by atoms with E-state index < -0.39 is 0 Å². The zero-order valence-corrected chi connectivity index (χ0v) is 41.5. The standard InChI is InChI=1S/C60H57BN2S2/c1-32-27-41-43(58(6,7)25-23-56(41,2)3)30-45(32)62-52-39-29-42-44(59(8,9)26-24-57(42,4)5)31-47(39)64-54(52)61-50-38(28-37-33-17-12-14-21-40(33)60(10,11)49(37)53(50)62)34-19-16-20-36-48-35-18-13-15-22-46(35)65-55(48)63(61)51(34)36/h12-22,27-31H,23-26H2,1-11H3. The maximum atomic E-state index is 2.87. The summed E-state index contributed by atoms with van der Waals surface area (Å²) in [6.45, 7) is 27.4. The lowest BCUT2D eigenvalue weighted by Crippen LogP contribution is -2.56. The minimum atomic E-state index is -0.229. The molecule has 9 aromatic rings. The molecule has 0 amide bonds. The summed E-state index contributed by atoms with van der Waals surface area (Å²) in [7, 11) is 0. The summed E-state index contributed by atoms with van der Waals surface area (Å²) >= 11 is 4.08. The van der Waals surface area contributed by atoms with Gasteiger partial charge in [0, 0.05) is 63.6 Å². The van der Waals surface area contributed by atoms with Crippen molar-refractivity contribution < 1.29 is 0 Å². The number of fused-ring (bicyclic) bond motifs is 17. The molecule has 2 nitrogen and oxygen atoms in total. The molecule has 5 heteroatoms. The average molecular weight is 881 g/mol. The van der Waals surface area contributed by atoms with Crippen molar-refractivity contribution in [1.29, 1.82) is 0 Å². The van der Waals surface area contributed by atoms with E-state index >= 15 is 0 Å². The highest BCUT2D eigenvalue weighted by molar-refractivity contribution is 7.32. The van der Waals surface area contributed by atoms with Crippen molar-refractivity contribution in [3.8, 4) is 22.3 Å². The molecule has 3 aromatic heterocycles. The fraction of sp³-hybridized carbons (Fsp3) is 0.333. The van der Waals surface area contributed by atoms with Gasteiger partial charge >= 0.3 is 6.85 Å². The van der Waals surface area contributed by atoms with E-state index in [1.807, 2.05) is 11.3 Å². The highest BCUT2D eigenvalue weighted by Gasteiger charge is 2.51. The third-order valence-electron chi connectivity index (χ3n) is 17.8. The Balaban J connectivity index is 1.21. The van der Waals surface area contributed by atoms with Crippen molar-refractivity contribution >= 4 is 98.1 Å². The Hall–Kier alpha value is -5.10. The lowest BCUT2D eigenvalue weighted by Gasteiger charge is -2.45. The first-order valence-corrected chi connectivity index (χ1v) is 25.9. The van der Waals surface area contributed by atoms with Gasteiger partial charge in [-0.15, -0.1) is 22.7 Å². The highest BCUT2D eigenvalue weighted by atomic mass is 32.1. The number of aryl methyl sites for hydroxylation is 1. The van der Waals surface area contributed by atoms with E-state index in [0.717, 1.165) is 0 Å². The van der Waals surface area contributed by atoms with Gasteiger partial charge < -0.3 is 9.38 Å². The molecule has 0 unspecified atom stereocenters. The number of hydrogen-bond donors (Lipinski definition) is 0. The van der Waals surface area contributed by atoms with Gasteiger partial charge in [-0.25, -0.2) is 0 Å². The van der Waals surface area contributed by atoms with Crippen LogP contribution < -0.4 is 15.1 Å². The van der Waals surface area contributed by atoms with Crippen LogP contribution in [0.4, 0.5) is 17.1 Å². The van der Waals surface area contributed by atoms with Crippen molar-refractivity contribution in [1.82, 2.24) is 4.48 Å². The van der Waals surface area contributed by atoms with Crippen LogP contribution in [-0.2, 0) is 27.1 Å². The number of benzene rings is 6. The zero-order chi connectivity index (χ0) is 44.6. The molecule has 0 saturated heterocycles. The second kappa shape index (κ2) is 12.1. The number of anilines is 3. The zero-order valence-electron chi connectivity index (χ0n) is 39.9. The molecule has 0 fully saturated rings. The normalized spacial score (nSPS) is 19.6. The van der Waals surface area contributed by atoms with Gasteiger partial charge in [0.1, 0.15) is 0 Å². The molecule has 0 N–H and O–H groups in total. The summed E-state index contributed by atoms with van der Waals surface area (Å²) < 4.78 is 7.10. The SMILES string of the molecule is Cc1cc2c(cc1N1c3c4c(cc5c3C(C)(C)c3ccccc3-5)-c3cccc5c6c7ccccc7sc6n(c35)B4c3sc4cc5c(cc4c31)C(C)(C)CCC5(C)C)C(C)(C)CCC2(C)C. The van der Waals surface area contributed by atoms with Crippen molar-refractivity contribution in [3.63, 3.8) is 0 Å². The van der Waals surface area contributed by atoms with Crippen molar-refractivity contribution in [2.75, 3.05) is 4.90 Å². The summed E-state index contributed by atoms with van der Waals surface area (Å²) in [5.74, 6) is 0. The summed E-state index contributed by atoms with van der Waals surface area (Å²) in [6, 6.07) is 38.9. The summed E-state index contributed by atoms with van der Waals surface area (Å²) in [5, 5.41) is 5.58. The Kier molecular flexibility index (Phi) is 7.26. The summed E-state index contributed by atoms with van der Waals surface area (Å²) in [4.78, 5) is 4.26. The van der Waals surface area contributed by atoms with E-state index in [1.165, 1.54) is 150 Å². The molecule has 0 bridgehead atoms.